The van der Waals surface area contributed by atoms with Gasteiger partial charge in [-0.15, -0.1) is 0 Å². The average Bonchev–Trinajstić information content (AvgIpc) is 2.62. The average molecular weight is 321 g/mol. The number of hydrogen-bond donors (Lipinski definition) is 3. The number of methoxy groups -OCH3 is 1. The minimum absolute atomic E-state index is 0.183. The normalized spacial score (nSPS) is 10.6. The largest absolute Gasteiger partial charge is 0.465 e. The number of carbonyl (C=O) groups excluding carboxylic acids is 1. The molecule has 0 bridgehead atoms. The van der Waals surface area contributed by atoms with Gasteiger partial charge in [-0.2, -0.15) is 10.4 Å². The van der Waals surface area contributed by atoms with Gasteiger partial charge in [0, 0.05) is 0 Å². The molecule has 0 aromatic heterocycles. The van der Waals surface area contributed by atoms with Crippen molar-refractivity contribution >= 4 is 23.2 Å². The highest BCUT2D eigenvalue weighted by Crippen LogP contribution is 2.22. The van der Waals surface area contributed by atoms with Gasteiger partial charge >= 0.3 is 5.97 Å². The maximum Gasteiger partial charge on any atom is 0.337 e. The molecule has 0 unspecified atom stereocenters. The number of hydrazone groups is 1. The molecule has 0 spiro atoms. The van der Waals surface area contributed by atoms with Crippen molar-refractivity contribution < 1.29 is 9.53 Å². The van der Waals surface area contributed by atoms with Crippen molar-refractivity contribution in [3.63, 3.8) is 0 Å². The Bertz CT molecular complexity index is 818. The molecule has 0 aliphatic heterocycles. The van der Waals surface area contributed by atoms with Crippen LogP contribution in [0.1, 0.15) is 10.4 Å². The maximum atomic E-state index is 11.4. The molecule has 0 fully saturated rings. The van der Waals surface area contributed by atoms with Gasteiger partial charge in [-0.25, -0.2) is 4.79 Å². The van der Waals surface area contributed by atoms with E-state index in [0.29, 0.717) is 11.3 Å². The van der Waals surface area contributed by atoms with E-state index in [4.69, 9.17) is 16.4 Å². The second kappa shape index (κ2) is 7.56. The van der Waals surface area contributed by atoms with Gasteiger partial charge in [-0.3, -0.25) is 10.8 Å². The van der Waals surface area contributed by atoms with Crippen molar-refractivity contribution in [3.05, 3.63) is 54.1 Å². The zero-order chi connectivity index (χ0) is 17.5. The molecule has 120 valence electrons. The van der Waals surface area contributed by atoms with Crippen molar-refractivity contribution in [2.24, 2.45) is 10.8 Å². The third kappa shape index (κ3) is 3.96. The van der Waals surface area contributed by atoms with Crippen molar-refractivity contribution in [1.82, 2.24) is 0 Å². The molecule has 0 atom stereocenters. The molecule has 2 aromatic rings. The lowest BCUT2D eigenvalue weighted by atomic mass is 10.0. The van der Waals surface area contributed by atoms with Crippen LogP contribution in [0.4, 0.5) is 5.69 Å². The van der Waals surface area contributed by atoms with E-state index in [1.807, 2.05) is 24.3 Å². The highest BCUT2D eigenvalue weighted by Gasteiger charge is 2.05. The van der Waals surface area contributed by atoms with E-state index in [9.17, 15) is 4.79 Å². The molecule has 7 nitrogen and oxygen atoms in total. The Morgan fingerprint density at radius 3 is 2.17 bits per heavy atom. The number of anilines is 1. The molecule has 0 amide bonds. The molecule has 4 N–H and O–H groups in total. The second-order valence-corrected chi connectivity index (χ2v) is 4.74. The van der Waals surface area contributed by atoms with E-state index in [0.717, 1.165) is 11.1 Å². The van der Waals surface area contributed by atoms with E-state index < -0.39 is 5.84 Å². The summed E-state index contributed by atoms with van der Waals surface area (Å²) in [5.74, 6) is -0.773. The molecule has 2 rings (SSSR count). The van der Waals surface area contributed by atoms with Crippen molar-refractivity contribution in [3.8, 4) is 17.2 Å². The van der Waals surface area contributed by atoms with Gasteiger partial charge in [-0.05, 0) is 35.4 Å². The Hall–Kier alpha value is -3.66. The predicted molar refractivity (Wildman–Crippen MR) is 91.8 cm³/mol. The third-order valence-corrected chi connectivity index (χ3v) is 3.18. The van der Waals surface area contributed by atoms with E-state index in [-0.39, 0.29) is 11.7 Å². The first-order chi connectivity index (χ1) is 11.5. The Balaban J connectivity index is 2.13. The lowest BCUT2D eigenvalue weighted by Gasteiger charge is -2.05. The number of nitrogens with zero attached hydrogens (tertiary/aromatic N) is 2. The van der Waals surface area contributed by atoms with Gasteiger partial charge in [0.1, 0.15) is 6.07 Å². The van der Waals surface area contributed by atoms with Gasteiger partial charge in [0.15, 0.2) is 5.84 Å². The molecular formula is C17H15N5O2. The van der Waals surface area contributed by atoms with Crippen LogP contribution in [0, 0.1) is 16.7 Å². The van der Waals surface area contributed by atoms with Gasteiger partial charge in [0.25, 0.3) is 0 Å². The summed E-state index contributed by atoms with van der Waals surface area (Å²) in [6.45, 7) is 0. The van der Waals surface area contributed by atoms with Crippen LogP contribution in [0.3, 0.4) is 0 Å². The van der Waals surface area contributed by atoms with Gasteiger partial charge in [0.05, 0.1) is 18.4 Å². The molecule has 24 heavy (non-hydrogen) atoms. The first-order valence-electron chi connectivity index (χ1n) is 6.92. The summed E-state index contributed by atoms with van der Waals surface area (Å²) in [5, 5.41) is 19.7. The van der Waals surface area contributed by atoms with E-state index >= 15 is 0 Å². The summed E-state index contributed by atoms with van der Waals surface area (Å²) < 4.78 is 4.66. The van der Waals surface area contributed by atoms with Gasteiger partial charge in [0.2, 0.25) is 5.71 Å². The standard InChI is InChI=1S/C17H15N5O2/c1-24-17(23)13-4-2-11(3-5-13)12-6-8-14(9-7-12)21-22-15(10-18)16(19)20/h2-9,21H,1H3,(H3,19,20)/b22-15+. The summed E-state index contributed by atoms with van der Waals surface area (Å²) in [6, 6.07) is 16.1. The Kier molecular flexibility index (Phi) is 5.26. The fourth-order valence-electron chi connectivity index (χ4n) is 1.92. The van der Waals surface area contributed by atoms with Crippen molar-refractivity contribution in [2.75, 3.05) is 12.5 Å². The molecule has 2 aromatic carbocycles. The van der Waals surface area contributed by atoms with Crippen LogP contribution in [0.15, 0.2) is 53.6 Å². The molecule has 0 radical (unpaired) electrons. The number of hydrogen-bond acceptors (Lipinski definition) is 6. The quantitative estimate of drug-likeness (QED) is 0.337. The number of nitrogens with two attached hydrogens (primary N) is 1. The fourth-order valence-corrected chi connectivity index (χ4v) is 1.92. The van der Waals surface area contributed by atoms with Crippen molar-refractivity contribution in [1.29, 1.82) is 10.7 Å². The van der Waals surface area contributed by atoms with Crippen molar-refractivity contribution in [2.45, 2.75) is 0 Å². The van der Waals surface area contributed by atoms with Crippen LogP contribution >= 0.6 is 0 Å². The molecule has 7 heteroatoms. The smallest absolute Gasteiger partial charge is 0.337 e. The van der Waals surface area contributed by atoms with Crippen LogP contribution < -0.4 is 11.2 Å². The zero-order valence-electron chi connectivity index (χ0n) is 12.9. The monoisotopic (exact) mass is 321 g/mol. The molecule has 0 heterocycles. The SMILES string of the molecule is COC(=O)c1ccc(-c2ccc(N/N=C(\C#N)C(=N)N)cc2)cc1. The maximum absolute atomic E-state index is 11.4. The van der Waals surface area contributed by atoms with E-state index in [1.165, 1.54) is 7.11 Å². The Labute approximate surface area is 138 Å². The topological polar surface area (TPSA) is 124 Å². The molecule has 0 saturated heterocycles. The number of esters is 1. The summed E-state index contributed by atoms with van der Waals surface area (Å²) in [6.07, 6.45) is 0. The summed E-state index contributed by atoms with van der Waals surface area (Å²) in [7, 11) is 1.34. The van der Waals surface area contributed by atoms with E-state index in [2.05, 4.69) is 15.3 Å². The summed E-state index contributed by atoms with van der Waals surface area (Å²) in [5.41, 5.74) is 10.7. The third-order valence-electron chi connectivity index (χ3n) is 3.18. The van der Waals surface area contributed by atoms with Crippen LogP contribution in [0.25, 0.3) is 11.1 Å². The van der Waals surface area contributed by atoms with Crippen LogP contribution in [0.5, 0.6) is 0 Å². The highest BCUT2D eigenvalue weighted by molar-refractivity contribution is 6.45. The number of amidine groups is 1. The Morgan fingerprint density at radius 2 is 1.71 bits per heavy atom. The number of rotatable bonds is 5. The Morgan fingerprint density at radius 1 is 1.17 bits per heavy atom. The molecule has 0 aliphatic rings. The lowest BCUT2D eigenvalue weighted by molar-refractivity contribution is 0.0601. The van der Waals surface area contributed by atoms with Crippen LogP contribution in [-0.2, 0) is 4.74 Å². The van der Waals surface area contributed by atoms with E-state index in [1.54, 1.807) is 30.3 Å². The fraction of sp³-hybridized carbons (Fsp3) is 0.0588. The van der Waals surface area contributed by atoms with Crippen LogP contribution in [0.2, 0.25) is 0 Å². The molecule has 0 saturated carbocycles. The number of benzene rings is 2. The lowest BCUT2D eigenvalue weighted by Crippen LogP contribution is -2.21. The first kappa shape index (κ1) is 16.7. The number of carbonyl (C=O) groups is 1. The minimum atomic E-state index is -0.396. The minimum Gasteiger partial charge on any atom is -0.465 e. The predicted octanol–water partition coefficient (Wildman–Crippen LogP) is 2.37. The van der Waals surface area contributed by atoms with Gasteiger partial charge < -0.3 is 10.5 Å². The molecule has 0 aliphatic carbocycles. The van der Waals surface area contributed by atoms with Gasteiger partial charge in [-0.1, -0.05) is 24.3 Å². The number of nitrogens with one attached hydrogen (secondary N) is 2. The van der Waals surface area contributed by atoms with Crippen LogP contribution in [-0.4, -0.2) is 24.6 Å². The number of ether oxygens (including phenoxy) is 1. The zero-order valence-corrected chi connectivity index (χ0v) is 12.9. The highest BCUT2D eigenvalue weighted by atomic mass is 16.5. The number of nitriles is 1. The first-order valence-corrected chi connectivity index (χ1v) is 6.92. The molecular weight excluding hydrogens is 306 g/mol. The summed E-state index contributed by atoms with van der Waals surface area (Å²) >= 11 is 0. The second-order valence-electron chi connectivity index (χ2n) is 4.74. The summed E-state index contributed by atoms with van der Waals surface area (Å²) in [4.78, 5) is 11.4.